The van der Waals surface area contributed by atoms with Crippen molar-refractivity contribution in [2.45, 2.75) is 0 Å². The Morgan fingerprint density at radius 1 is 1.27 bits per heavy atom. The number of anilines is 1. The number of benzene rings is 1. The number of rotatable bonds is 6. The lowest BCUT2D eigenvalue weighted by Gasteiger charge is -2.26. The molecular formula is C17H25N3O2. The van der Waals surface area contributed by atoms with Crippen LogP contribution in [0.25, 0.3) is 6.08 Å². The van der Waals surface area contributed by atoms with E-state index in [-0.39, 0.29) is 5.91 Å². The molecule has 1 heterocycles. The highest BCUT2D eigenvalue weighted by Crippen LogP contribution is 2.12. The maximum Gasteiger partial charge on any atom is 0.244 e. The molecule has 0 unspecified atom stereocenters. The second-order valence-electron chi connectivity index (χ2n) is 5.56. The van der Waals surface area contributed by atoms with Crippen molar-refractivity contribution in [3.8, 4) is 0 Å². The van der Waals surface area contributed by atoms with Crippen LogP contribution < -0.4 is 10.2 Å². The van der Waals surface area contributed by atoms with Gasteiger partial charge in [0.2, 0.25) is 5.91 Å². The number of nitrogens with one attached hydrogen (secondary N) is 1. The molecule has 0 radical (unpaired) electrons. The first-order valence-electron chi connectivity index (χ1n) is 7.68. The Morgan fingerprint density at radius 2 is 1.95 bits per heavy atom. The average Bonchev–Trinajstić information content (AvgIpc) is 2.54. The Hall–Kier alpha value is -1.85. The number of ether oxygens (including phenoxy) is 1. The van der Waals surface area contributed by atoms with E-state index < -0.39 is 0 Å². The summed E-state index contributed by atoms with van der Waals surface area (Å²) < 4.78 is 5.29. The summed E-state index contributed by atoms with van der Waals surface area (Å²) in [5.74, 6) is -0.0510. The van der Waals surface area contributed by atoms with Crippen LogP contribution >= 0.6 is 0 Å². The second kappa shape index (κ2) is 8.56. The second-order valence-corrected chi connectivity index (χ2v) is 5.56. The molecule has 1 aromatic rings. The summed E-state index contributed by atoms with van der Waals surface area (Å²) >= 11 is 0. The third-order valence-corrected chi connectivity index (χ3v) is 3.67. The molecule has 1 aliphatic heterocycles. The van der Waals surface area contributed by atoms with Crippen molar-refractivity contribution >= 4 is 17.7 Å². The highest BCUT2D eigenvalue weighted by molar-refractivity contribution is 5.91. The van der Waals surface area contributed by atoms with Gasteiger partial charge in [0, 0.05) is 52.0 Å². The number of nitrogens with zero attached hydrogens (tertiary/aromatic N) is 2. The topological polar surface area (TPSA) is 44.8 Å². The summed E-state index contributed by atoms with van der Waals surface area (Å²) in [7, 11) is 4.01. The van der Waals surface area contributed by atoms with Crippen LogP contribution in [0.15, 0.2) is 30.3 Å². The SMILES string of the molecule is CN(C)c1ccc(C=CC(=O)NCCN2CCOCC2)cc1. The third-order valence-electron chi connectivity index (χ3n) is 3.67. The van der Waals surface area contributed by atoms with E-state index >= 15 is 0 Å². The van der Waals surface area contributed by atoms with Gasteiger partial charge in [-0.2, -0.15) is 0 Å². The number of carbonyl (C=O) groups excluding carboxylic acids is 1. The molecule has 0 atom stereocenters. The molecule has 5 nitrogen and oxygen atoms in total. The number of morpholine rings is 1. The van der Waals surface area contributed by atoms with Crippen LogP contribution in [-0.2, 0) is 9.53 Å². The van der Waals surface area contributed by atoms with Gasteiger partial charge in [-0.05, 0) is 23.8 Å². The monoisotopic (exact) mass is 303 g/mol. The minimum absolute atomic E-state index is 0.0510. The van der Waals surface area contributed by atoms with Crippen LogP contribution in [0.1, 0.15) is 5.56 Å². The van der Waals surface area contributed by atoms with Gasteiger partial charge >= 0.3 is 0 Å². The van der Waals surface area contributed by atoms with Gasteiger partial charge in [-0.3, -0.25) is 9.69 Å². The summed E-state index contributed by atoms with van der Waals surface area (Å²) in [4.78, 5) is 16.1. The predicted molar refractivity (Wildman–Crippen MR) is 90.1 cm³/mol. The van der Waals surface area contributed by atoms with Crippen LogP contribution in [0.4, 0.5) is 5.69 Å². The summed E-state index contributed by atoms with van der Waals surface area (Å²) in [6.45, 7) is 5.02. The van der Waals surface area contributed by atoms with Crippen molar-refractivity contribution in [3.63, 3.8) is 0 Å². The molecule has 22 heavy (non-hydrogen) atoms. The van der Waals surface area contributed by atoms with E-state index in [0.29, 0.717) is 6.54 Å². The quantitative estimate of drug-likeness (QED) is 0.803. The number of amides is 1. The molecular weight excluding hydrogens is 278 g/mol. The zero-order valence-corrected chi connectivity index (χ0v) is 13.4. The van der Waals surface area contributed by atoms with Crippen molar-refractivity contribution < 1.29 is 9.53 Å². The highest BCUT2D eigenvalue weighted by Gasteiger charge is 2.09. The van der Waals surface area contributed by atoms with Crippen molar-refractivity contribution in [3.05, 3.63) is 35.9 Å². The first-order chi connectivity index (χ1) is 10.6. The van der Waals surface area contributed by atoms with Gasteiger partial charge in [0.15, 0.2) is 0 Å². The summed E-state index contributed by atoms with van der Waals surface area (Å²) in [5.41, 5.74) is 2.17. The van der Waals surface area contributed by atoms with Gasteiger partial charge in [0.25, 0.3) is 0 Å². The maximum absolute atomic E-state index is 11.8. The average molecular weight is 303 g/mol. The van der Waals surface area contributed by atoms with E-state index in [4.69, 9.17) is 4.74 Å². The first kappa shape index (κ1) is 16.5. The lowest BCUT2D eigenvalue weighted by Crippen LogP contribution is -2.41. The van der Waals surface area contributed by atoms with Crippen LogP contribution in [0.2, 0.25) is 0 Å². The molecule has 1 aliphatic rings. The van der Waals surface area contributed by atoms with E-state index in [1.807, 2.05) is 49.3 Å². The first-order valence-corrected chi connectivity index (χ1v) is 7.68. The van der Waals surface area contributed by atoms with E-state index in [9.17, 15) is 4.79 Å². The lowest BCUT2D eigenvalue weighted by atomic mass is 10.2. The minimum Gasteiger partial charge on any atom is -0.379 e. The Bertz CT molecular complexity index is 491. The van der Waals surface area contributed by atoms with Gasteiger partial charge < -0.3 is 15.0 Å². The molecule has 0 saturated carbocycles. The molecule has 5 heteroatoms. The zero-order chi connectivity index (χ0) is 15.8. The van der Waals surface area contributed by atoms with Crippen LogP contribution in [0.5, 0.6) is 0 Å². The lowest BCUT2D eigenvalue weighted by molar-refractivity contribution is -0.116. The Kier molecular flexibility index (Phi) is 6.43. The van der Waals surface area contributed by atoms with E-state index in [0.717, 1.165) is 44.1 Å². The Balaban J connectivity index is 1.71. The largest absolute Gasteiger partial charge is 0.379 e. The van der Waals surface area contributed by atoms with Gasteiger partial charge in [0.05, 0.1) is 13.2 Å². The molecule has 0 aliphatic carbocycles. The van der Waals surface area contributed by atoms with Gasteiger partial charge in [-0.15, -0.1) is 0 Å². The van der Waals surface area contributed by atoms with Crippen molar-refractivity contribution in [2.75, 3.05) is 58.4 Å². The number of hydrogen-bond donors (Lipinski definition) is 1. The van der Waals surface area contributed by atoms with Gasteiger partial charge in [-0.25, -0.2) is 0 Å². The number of hydrogen-bond acceptors (Lipinski definition) is 4. The molecule has 1 fully saturated rings. The van der Waals surface area contributed by atoms with Crippen molar-refractivity contribution in [1.82, 2.24) is 10.2 Å². The maximum atomic E-state index is 11.8. The minimum atomic E-state index is -0.0510. The summed E-state index contributed by atoms with van der Waals surface area (Å²) in [6.07, 6.45) is 3.42. The molecule has 1 amide bonds. The van der Waals surface area contributed by atoms with Crippen LogP contribution in [0.3, 0.4) is 0 Å². The molecule has 0 aromatic heterocycles. The fourth-order valence-corrected chi connectivity index (χ4v) is 2.28. The molecule has 0 bridgehead atoms. The normalized spacial score (nSPS) is 15.9. The zero-order valence-electron chi connectivity index (χ0n) is 13.4. The molecule has 1 N–H and O–H groups in total. The van der Waals surface area contributed by atoms with Crippen molar-refractivity contribution in [2.24, 2.45) is 0 Å². The standard InChI is InChI=1S/C17H25N3O2/c1-19(2)16-6-3-15(4-7-16)5-8-17(21)18-9-10-20-11-13-22-14-12-20/h3-8H,9-14H2,1-2H3,(H,18,21). The van der Waals surface area contributed by atoms with Crippen molar-refractivity contribution in [1.29, 1.82) is 0 Å². The van der Waals surface area contributed by atoms with E-state index in [2.05, 4.69) is 10.2 Å². The van der Waals surface area contributed by atoms with E-state index in [1.165, 1.54) is 0 Å². The Morgan fingerprint density at radius 3 is 2.59 bits per heavy atom. The summed E-state index contributed by atoms with van der Waals surface area (Å²) in [6, 6.07) is 8.09. The fraction of sp³-hybridized carbons (Fsp3) is 0.471. The van der Waals surface area contributed by atoms with Gasteiger partial charge in [0.1, 0.15) is 0 Å². The van der Waals surface area contributed by atoms with Crippen LogP contribution in [-0.4, -0.2) is 64.3 Å². The highest BCUT2D eigenvalue weighted by atomic mass is 16.5. The molecule has 1 saturated heterocycles. The summed E-state index contributed by atoms with van der Waals surface area (Å²) in [5, 5.41) is 2.91. The number of carbonyl (C=O) groups is 1. The molecule has 120 valence electrons. The van der Waals surface area contributed by atoms with Gasteiger partial charge in [-0.1, -0.05) is 12.1 Å². The Labute approximate surface area is 132 Å². The molecule has 0 spiro atoms. The van der Waals surface area contributed by atoms with E-state index in [1.54, 1.807) is 6.08 Å². The van der Waals surface area contributed by atoms with Crippen LogP contribution in [0, 0.1) is 0 Å². The smallest absolute Gasteiger partial charge is 0.244 e. The predicted octanol–water partition coefficient (Wildman–Crippen LogP) is 1.21. The third kappa shape index (κ3) is 5.50. The fourth-order valence-electron chi connectivity index (χ4n) is 2.28. The molecule has 2 rings (SSSR count). The molecule has 1 aromatic carbocycles.